The third-order valence-electron chi connectivity index (χ3n) is 5.01. The van der Waals surface area contributed by atoms with Crippen LogP contribution in [0.5, 0.6) is 5.75 Å². The van der Waals surface area contributed by atoms with E-state index in [1.165, 1.54) is 0 Å². The van der Waals surface area contributed by atoms with E-state index in [-0.39, 0.29) is 6.04 Å². The summed E-state index contributed by atoms with van der Waals surface area (Å²) in [5.41, 5.74) is 0.836. The summed E-state index contributed by atoms with van der Waals surface area (Å²) in [4.78, 5) is 0.346. The maximum Gasteiger partial charge on any atom is 0.243 e. The van der Waals surface area contributed by atoms with E-state index in [1.807, 2.05) is 6.92 Å². The van der Waals surface area contributed by atoms with Gasteiger partial charge in [-0.3, -0.25) is 0 Å². The minimum absolute atomic E-state index is 0.0890. The fraction of sp³-hybridized carbons (Fsp3) is 0.625. The second kappa shape index (κ2) is 5.83. The summed E-state index contributed by atoms with van der Waals surface area (Å²) >= 11 is 0. The number of ether oxygens (including phenoxy) is 1. The first-order chi connectivity index (χ1) is 10.4. The summed E-state index contributed by atoms with van der Waals surface area (Å²) in [6.45, 7) is 1.86. The quantitative estimate of drug-likeness (QED) is 0.919. The molecule has 2 heterocycles. The van der Waals surface area contributed by atoms with Crippen molar-refractivity contribution in [3.63, 3.8) is 0 Å². The lowest BCUT2D eigenvalue weighted by atomic mass is 10.0. The number of nitrogens with zero attached hydrogens (tertiary/aromatic N) is 1. The predicted molar refractivity (Wildman–Crippen MR) is 85.6 cm³/mol. The molecule has 2 aliphatic rings. The highest BCUT2D eigenvalue weighted by atomic mass is 32.2. The third-order valence-corrected chi connectivity index (χ3v) is 6.91. The summed E-state index contributed by atoms with van der Waals surface area (Å²) in [5.74, 6) is 0.710. The Morgan fingerprint density at radius 1 is 1.23 bits per heavy atom. The molecule has 2 unspecified atom stereocenters. The van der Waals surface area contributed by atoms with Gasteiger partial charge in [0.2, 0.25) is 10.0 Å². The Morgan fingerprint density at radius 2 is 1.86 bits per heavy atom. The van der Waals surface area contributed by atoms with Gasteiger partial charge in [0.05, 0.1) is 12.0 Å². The zero-order chi connectivity index (χ0) is 15.9. The zero-order valence-electron chi connectivity index (χ0n) is 13.4. The first kappa shape index (κ1) is 15.8. The van der Waals surface area contributed by atoms with Crippen molar-refractivity contribution in [2.75, 3.05) is 14.2 Å². The van der Waals surface area contributed by atoms with Crippen LogP contribution >= 0.6 is 0 Å². The van der Waals surface area contributed by atoms with Gasteiger partial charge in [0.1, 0.15) is 5.75 Å². The first-order valence-electron chi connectivity index (χ1n) is 7.80. The number of fused-ring (bicyclic) bond motifs is 2. The molecule has 2 saturated heterocycles. The van der Waals surface area contributed by atoms with E-state index in [4.69, 9.17) is 4.74 Å². The van der Waals surface area contributed by atoms with E-state index < -0.39 is 10.0 Å². The molecule has 0 radical (unpaired) electrons. The number of methoxy groups -OCH3 is 1. The molecule has 3 rings (SSSR count). The van der Waals surface area contributed by atoms with Crippen molar-refractivity contribution in [1.82, 2.24) is 9.62 Å². The van der Waals surface area contributed by atoms with Gasteiger partial charge in [-0.05, 0) is 56.4 Å². The molecule has 0 spiro atoms. The van der Waals surface area contributed by atoms with Crippen molar-refractivity contribution in [3.05, 3.63) is 23.8 Å². The highest BCUT2D eigenvalue weighted by Gasteiger charge is 2.38. The molecule has 2 aliphatic heterocycles. The number of hydrogen-bond acceptors (Lipinski definition) is 4. The Balaban J connectivity index is 1.84. The number of piperidine rings is 1. The van der Waals surface area contributed by atoms with Crippen LogP contribution in [0.25, 0.3) is 0 Å². The fourth-order valence-electron chi connectivity index (χ4n) is 3.70. The van der Waals surface area contributed by atoms with Crippen LogP contribution in [0.2, 0.25) is 0 Å². The summed E-state index contributed by atoms with van der Waals surface area (Å²) in [6.07, 6.45) is 4.14. The average molecular weight is 324 g/mol. The lowest BCUT2D eigenvalue weighted by Gasteiger charge is -2.34. The van der Waals surface area contributed by atoms with Crippen LogP contribution in [0.4, 0.5) is 0 Å². The molecular weight excluding hydrogens is 300 g/mol. The number of nitrogens with one attached hydrogen (secondary N) is 1. The van der Waals surface area contributed by atoms with Crippen molar-refractivity contribution < 1.29 is 13.2 Å². The van der Waals surface area contributed by atoms with Gasteiger partial charge in [-0.15, -0.1) is 0 Å². The molecule has 0 amide bonds. The van der Waals surface area contributed by atoms with Gasteiger partial charge in [0.15, 0.2) is 0 Å². The number of rotatable bonds is 4. The van der Waals surface area contributed by atoms with Gasteiger partial charge >= 0.3 is 0 Å². The van der Waals surface area contributed by atoms with E-state index in [0.717, 1.165) is 31.2 Å². The molecule has 1 aromatic rings. The molecule has 2 fully saturated rings. The van der Waals surface area contributed by atoms with Crippen molar-refractivity contribution in [2.45, 2.75) is 55.6 Å². The molecule has 1 aromatic carbocycles. The molecule has 1 N–H and O–H groups in total. The van der Waals surface area contributed by atoms with Crippen molar-refractivity contribution >= 4 is 10.0 Å². The molecule has 22 heavy (non-hydrogen) atoms. The van der Waals surface area contributed by atoms with E-state index in [0.29, 0.717) is 22.7 Å². The molecule has 0 aromatic heterocycles. The van der Waals surface area contributed by atoms with Gasteiger partial charge in [0.25, 0.3) is 0 Å². The Morgan fingerprint density at radius 3 is 2.41 bits per heavy atom. The molecule has 6 heteroatoms. The number of hydrogen-bond donors (Lipinski definition) is 1. The second-order valence-corrected chi connectivity index (χ2v) is 8.41. The minimum Gasteiger partial charge on any atom is -0.496 e. The van der Waals surface area contributed by atoms with Crippen LogP contribution in [0.15, 0.2) is 23.1 Å². The summed E-state index contributed by atoms with van der Waals surface area (Å²) < 4.78 is 32.5. The molecular formula is C16H24N2O3S. The highest BCUT2D eigenvalue weighted by molar-refractivity contribution is 7.89. The Kier molecular flexibility index (Phi) is 4.18. The lowest BCUT2D eigenvalue weighted by molar-refractivity contribution is 0.251. The molecule has 0 saturated carbocycles. The number of benzene rings is 1. The van der Waals surface area contributed by atoms with Crippen LogP contribution in [-0.4, -0.2) is 45.0 Å². The normalized spacial score (nSPS) is 28.1. The molecule has 2 atom stereocenters. The van der Waals surface area contributed by atoms with E-state index in [2.05, 4.69) is 5.32 Å². The topological polar surface area (TPSA) is 58.6 Å². The minimum atomic E-state index is -3.46. The van der Waals surface area contributed by atoms with Crippen LogP contribution < -0.4 is 10.1 Å². The maximum absolute atomic E-state index is 12.9. The molecule has 122 valence electrons. The van der Waals surface area contributed by atoms with Gasteiger partial charge in [0, 0.05) is 25.2 Å². The van der Waals surface area contributed by atoms with Gasteiger partial charge in [-0.25, -0.2) is 8.42 Å². The maximum atomic E-state index is 12.9. The first-order valence-corrected chi connectivity index (χ1v) is 9.24. The van der Waals surface area contributed by atoms with E-state index in [1.54, 1.807) is 36.7 Å². The lowest BCUT2D eigenvalue weighted by Crippen LogP contribution is -2.48. The number of aryl methyl sites for hydroxylation is 1. The highest BCUT2D eigenvalue weighted by Crippen LogP contribution is 2.32. The predicted octanol–water partition coefficient (Wildman–Crippen LogP) is 1.91. The Labute approximate surface area is 132 Å². The average Bonchev–Trinajstić information content (AvgIpc) is 2.84. The van der Waals surface area contributed by atoms with E-state index >= 15 is 0 Å². The molecule has 2 bridgehead atoms. The van der Waals surface area contributed by atoms with Crippen LogP contribution in [0.1, 0.15) is 31.2 Å². The number of sulfonamides is 1. The smallest absolute Gasteiger partial charge is 0.243 e. The van der Waals surface area contributed by atoms with Crippen molar-refractivity contribution in [3.8, 4) is 5.75 Å². The summed E-state index contributed by atoms with van der Waals surface area (Å²) in [7, 11) is -0.152. The van der Waals surface area contributed by atoms with E-state index in [9.17, 15) is 8.42 Å². The summed E-state index contributed by atoms with van der Waals surface area (Å²) in [5, 5.41) is 3.55. The Hall–Kier alpha value is -1.11. The van der Waals surface area contributed by atoms with Gasteiger partial charge in [-0.1, -0.05) is 0 Å². The Bertz CT molecular complexity index is 647. The van der Waals surface area contributed by atoms with Gasteiger partial charge in [-0.2, -0.15) is 4.31 Å². The fourth-order valence-corrected chi connectivity index (χ4v) is 5.16. The molecule has 0 aliphatic carbocycles. The van der Waals surface area contributed by atoms with Gasteiger partial charge < -0.3 is 10.1 Å². The van der Waals surface area contributed by atoms with Crippen molar-refractivity contribution in [1.29, 1.82) is 0 Å². The van der Waals surface area contributed by atoms with Crippen LogP contribution in [-0.2, 0) is 10.0 Å². The summed E-state index contributed by atoms with van der Waals surface area (Å²) in [6, 6.07) is 6.08. The van der Waals surface area contributed by atoms with Crippen molar-refractivity contribution in [2.24, 2.45) is 0 Å². The molecule has 5 nitrogen and oxygen atoms in total. The van der Waals surface area contributed by atoms with Crippen LogP contribution in [0.3, 0.4) is 0 Å². The monoisotopic (exact) mass is 324 g/mol. The third kappa shape index (κ3) is 2.75. The standard InChI is InChI=1S/C16H24N2O3S/c1-11-8-15(6-7-16(11)21-3)22(19,20)18(2)14-9-12-4-5-13(10-14)17-12/h6-8,12-14,17H,4-5,9-10H2,1-3H3. The second-order valence-electron chi connectivity index (χ2n) is 6.42. The van der Waals surface area contributed by atoms with Crippen LogP contribution in [0, 0.1) is 6.92 Å². The SMILES string of the molecule is COc1ccc(S(=O)(=O)N(C)C2CC3CCC(C2)N3)cc1C. The largest absolute Gasteiger partial charge is 0.496 e. The zero-order valence-corrected chi connectivity index (χ0v) is 14.2.